The third-order valence-electron chi connectivity index (χ3n) is 3.80. The van der Waals surface area contributed by atoms with E-state index in [0.717, 1.165) is 25.3 Å². The van der Waals surface area contributed by atoms with Crippen molar-refractivity contribution >= 4 is 29.0 Å². The fourth-order valence-corrected chi connectivity index (χ4v) is 3.38. The number of nitro groups is 1. The number of hydrogen-bond acceptors (Lipinski definition) is 6. The van der Waals surface area contributed by atoms with Gasteiger partial charge in [-0.25, -0.2) is 4.98 Å². The first-order chi connectivity index (χ1) is 10.2. The van der Waals surface area contributed by atoms with E-state index in [0.29, 0.717) is 10.9 Å². The molecule has 0 radical (unpaired) electrons. The number of fused-ring (bicyclic) bond motifs is 1. The Labute approximate surface area is 126 Å². The molecule has 0 bridgehead atoms. The summed E-state index contributed by atoms with van der Waals surface area (Å²) in [6.07, 6.45) is 6.94. The first kappa shape index (κ1) is 14.1. The molecule has 1 aliphatic rings. The maximum Gasteiger partial charge on any atom is 0.368 e. The van der Waals surface area contributed by atoms with Gasteiger partial charge in [-0.15, -0.1) is 0 Å². The number of thioether (sulfide) groups is 1. The molecule has 21 heavy (non-hydrogen) atoms. The Kier molecular flexibility index (Phi) is 3.96. The highest BCUT2D eigenvalue weighted by Gasteiger charge is 2.22. The molecule has 7 nitrogen and oxygen atoms in total. The van der Waals surface area contributed by atoms with Gasteiger partial charge < -0.3 is 15.0 Å². The number of hydrogen-bond donors (Lipinski definition) is 0. The van der Waals surface area contributed by atoms with Crippen LogP contribution in [0.15, 0.2) is 18.3 Å². The van der Waals surface area contributed by atoms with Crippen molar-refractivity contribution in [1.29, 1.82) is 0 Å². The number of rotatable bonds is 3. The Morgan fingerprint density at radius 2 is 2.29 bits per heavy atom. The third-order valence-corrected chi connectivity index (χ3v) is 4.85. The van der Waals surface area contributed by atoms with Crippen LogP contribution < -0.4 is 4.90 Å². The monoisotopic (exact) mass is 307 g/mol. The topological polar surface area (TPSA) is 76.6 Å². The summed E-state index contributed by atoms with van der Waals surface area (Å²) in [7, 11) is 0. The van der Waals surface area contributed by atoms with E-state index >= 15 is 0 Å². The van der Waals surface area contributed by atoms with Crippen LogP contribution in [0, 0.1) is 10.1 Å². The summed E-state index contributed by atoms with van der Waals surface area (Å²) in [6, 6.07) is 3.68. The van der Waals surface area contributed by atoms with E-state index in [1.807, 2.05) is 17.8 Å². The van der Waals surface area contributed by atoms with Crippen molar-refractivity contribution in [2.24, 2.45) is 0 Å². The molecule has 0 saturated carbocycles. The maximum absolute atomic E-state index is 11.0. The van der Waals surface area contributed by atoms with Gasteiger partial charge >= 0.3 is 5.82 Å². The van der Waals surface area contributed by atoms with Crippen LogP contribution in [0.25, 0.3) is 5.65 Å². The van der Waals surface area contributed by atoms with Gasteiger partial charge in [0.15, 0.2) is 5.82 Å². The summed E-state index contributed by atoms with van der Waals surface area (Å²) in [5, 5.41) is 16.0. The van der Waals surface area contributed by atoms with Crippen LogP contribution in [0.3, 0.4) is 0 Å². The normalized spacial score (nSPS) is 19.7. The van der Waals surface area contributed by atoms with E-state index in [1.165, 1.54) is 23.6 Å². The molecule has 3 rings (SSSR count). The van der Waals surface area contributed by atoms with Gasteiger partial charge in [0.05, 0.1) is 0 Å². The molecule has 1 atom stereocenters. The zero-order valence-electron chi connectivity index (χ0n) is 11.8. The van der Waals surface area contributed by atoms with Gasteiger partial charge in [-0.05, 0) is 30.1 Å². The van der Waals surface area contributed by atoms with Crippen LogP contribution in [0.5, 0.6) is 0 Å². The molecule has 1 unspecified atom stereocenters. The zero-order chi connectivity index (χ0) is 14.8. The van der Waals surface area contributed by atoms with E-state index in [2.05, 4.69) is 21.2 Å². The molecule has 8 heteroatoms. The molecule has 1 aliphatic heterocycles. The molecule has 3 heterocycles. The highest BCUT2D eigenvalue weighted by Crippen LogP contribution is 2.24. The van der Waals surface area contributed by atoms with E-state index in [-0.39, 0.29) is 5.82 Å². The van der Waals surface area contributed by atoms with E-state index in [9.17, 15) is 10.1 Å². The van der Waals surface area contributed by atoms with Gasteiger partial charge in [-0.3, -0.25) is 0 Å². The Bertz CT molecular complexity index is 659. The van der Waals surface area contributed by atoms with Crippen molar-refractivity contribution in [3.05, 3.63) is 28.4 Å². The summed E-state index contributed by atoms with van der Waals surface area (Å²) in [4.78, 5) is 16.8. The summed E-state index contributed by atoms with van der Waals surface area (Å²) in [6.45, 7) is 1.88. The van der Waals surface area contributed by atoms with Gasteiger partial charge in [-0.1, -0.05) is 16.0 Å². The Morgan fingerprint density at radius 3 is 3.05 bits per heavy atom. The van der Waals surface area contributed by atoms with Crippen molar-refractivity contribution in [3.8, 4) is 0 Å². The van der Waals surface area contributed by atoms with Crippen LogP contribution in [-0.2, 0) is 0 Å². The molecule has 2 aromatic rings. The summed E-state index contributed by atoms with van der Waals surface area (Å²) in [5.74, 6) is 0.688. The SMILES string of the molecule is CSC1CCCCN(c2ccc3ncc([N+](=O)[O-])n3n2)C1. The van der Waals surface area contributed by atoms with Crippen molar-refractivity contribution in [1.82, 2.24) is 14.6 Å². The van der Waals surface area contributed by atoms with Crippen LogP contribution in [0.4, 0.5) is 11.6 Å². The molecule has 0 aromatic carbocycles. The van der Waals surface area contributed by atoms with Crippen molar-refractivity contribution in [3.63, 3.8) is 0 Å². The predicted molar refractivity (Wildman–Crippen MR) is 83.0 cm³/mol. The summed E-state index contributed by atoms with van der Waals surface area (Å²) < 4.78 is 1.31. The summed E-state index contributed by atoms with van der Waals surface area (Å²) in [5.41, 5.74) is 0.502. The van der Waals surface area contributed by atoms with E-state index < -0.39 is 4.92 Å². The maximum atomic E-state index is 11.0. The molecule has 112 valence electrons. The van der Waals surface area contributed by atoms with Crippen LogP contribution >= 0.6 is 11.8 Å². The zero-order valence-corrected chi connectivity index (χ0v) is 12.6. The number of nitrogens with zero attached hydrogens (tertiary/aromatic N) is 5. The molecule has 1 saturated heterocycles. The van der Waals surface area contributed by atoms with E-state index in [4.69, 9.17) is 0 Å². The second-order valence-corrected chi connectivity index (χ2v) is 6.27. The third kappa shape index (κ3) is 2.80. The lowest BCUT2D eigenvalue weighted by Crippen LogP contribution is -2.30. The minimum atomic E-state index is -0.454. The first-order valence-corrected chi connectivity index (χ1v) is 8.25. The molecular weight excluding hydrogens is 290 g/mol. The van der Waals surface area contributed by atoms with Crippen molar-refractivity contribution in [2.75, 3.05) is 24.2 Å². The van der Waals surface area contributed by atoms with Crippen molar-refractivity contribution in [2.45, 2.75) is 24.5 Å². The molecule has 0 amide bonds. The van der Waals surface area contributed by atoms with Gasteiger partial charge in [0.2, 0.25) is 5.65 Å². The average molecular weight is 307 g/mol. The first-order valence-electron chi connectivity index (χ1n) is 6.96. The van der Waals surface area contributed by atoms with Crippen LogP contribution in [-0.4, -0.2) is 44.1 Å². The average Bonchev–Trinajstić information content (AvgIpc) is 2.76. The Morgan fingerprint density at radius 1 is 1.43 bits per heavy atom. The van der Waals surface area contributed by atoms with Crippen LogP contribution in [0.1, 0.15) is 19.3 Å². The number of imidazole rings is 1. The molecule has 0 spiro atoms. The fraction of sp³-hybridized carbons (Fsp3) is 0.538. The Balaban J connectivity index is 1.95. The lowest BCUT2D eigenvalue weighted by atomic mass is 10.2. The largest absolute Gasteiger partial charge is 0.368 e. The highest BCUT2D eigenvalue weighted by atomic mass is 32.2. The fourth-order valence-electron chi connectivity index (χ4n) is 2.65. The Hall–Kier alpha value is -1.83. The quantitative estimate of drug-likeness (QED) is 0.640. The lowest BCUT2D eigenvalue weighted by molar-refractivity contribution is -0.391. The minimum absolute atomic E-state index is 0.0944. The molecule has 0 N–H and O–H groups in total. The van der Waals surface area contributed by atoms with Gasteiger partial charge in [0.25, 0.3) is 0 Å². The van der Waals surface area contributed by atoms with Crippen LogP contribution in [0.2, 0.25) is 0 Å². The van der Waals surface area contributed by atoms with Gasteiger partial charge in [-0.2, -0.15) is 11.8 Å². The minimum Gasteiger partial charge on any atom is -0.358 e. The smallest absolute Gasteiger partial charge is 0.358 e. The predicted octanol–water partition coefficient (Wildman–Crippen LogP) is 2.36. The highest BCUT2D eigenvalue weighted by molar-refractivity contribution is 7.99. The number of aromatic nitrogens is 3. The molecule has 0 aliphatic carbocycles. The van der Waals surface area contributed by atoms with Crippen molar-refractivity contribution < 1.29 is 4.92 Å². The lowest BCUT2D eigenvalue weighted by Gasteiger charge is -2.23. The molecular formula is C13H17N5O2S. The summed E-state index contributed by atoms with van der Waals surface area (Å²) >= 11 is 1.87. The molecule has 1 fully saturated rings. The second-order valence-electron chi connectivity index (χ2n) is 5.13. The second kappa shape index (κ2) is 5.88. The number of anilines is 1. The standard InChI is InChI=1S/C13H17N5O2S/c1-21-10-4-2-3-7-16(9-10)12-6-5-11-14-8-13(18(19)20)17(11)15-12/h5-6,8,10H,2-4,7,9H2,1H3. The van der Waals surface area contributed by atoms with Gasteiger partial charge in [0, 0.05) is 24.4 Å². The molecule has 2 aromatic heterocycles. The van der Waals surface area contributed by atoms with E-state index in [1.54, 1.807) is 6.07 Å². The van der Waals surface area contributed by atoms with Gasteiger partial charge in [0.1, 0.15) is 6.20 Å².